The Labute approximate surface area is 130 Å². The first-order valence-corrected chi connectivity index (χ1v) is 7.37. The van der Waals surface area contributed by atoms with Gasteiger partial charge in [0.15, 0.2) is 0 Å². The summed E-state index contributed by atoms with van der Waals surface area (Å²) in [5.41, 5.74) is 9.82. The van der Waals surface area contributed by atoms with E-state index in [9.17, 15) is 9.90 Å². The fourth-order valence-corrected chi connectivity index (χ4v) is 2.49. The van der Waals surface area contributed by atoms with Gasteiger partial charge in [-0.1, -0.05) is 25.1 Å². The third-order valence-corrected chi connectivity index (χ3v) is 3.61. The lowest BCUT2D eigenvalue weighted by Crippen LogP contribution is -2.10. The summed E-state index contributed by atoms with van der Waals surface area (Å²) in [6.45, 7) is 4.95. The topological polar surface area (TPSA) is 72.5 Å². The third-order valence-electron chi connectivity index (χ3n) is 3.61. The number of carboxylic acid groups (broad SMARTS) is 1. The summed E-state index contributed by atoms with van der Waals surface area (Å²) in [4.78, 5) is 11.2. The first-order chi connectivity index (χ1) is 10.6. The van der Waals surface area contributed by atoms with E-state index in [0.29, 0.717) is 25.1 Å². The maximum absolute atomic E-state index is 11.2. The monoisotopic (exact) mass is 299 g/mol. The molecule has 4 heteroatoms. The van der Waals surface area contributed by atoms with Crippen LogP contribution < -0.4 is 10.5 Å². The minimum atomic E-state index is -0.884. The van der Waals surface area contributed by atoms with E-state index in [2.05, 4.69) is 0 Å². The van der Waals surface area contributed by atoms with Gasteiger partial charge >= 0.3 is 5.97 Å². The largest absolute Gasteiger partial charge is 0.492 e. The standard InChI is InChI=1S/C18H21NO3/c1-3-13-11-14(4-6-17(13)18(20)21)16-7-5-15(10-12(16)2)22-9-8-19/h4-7,10-11H,3,8-9,19H2,1-2H3,(H,20,21). The zero-order valence-electron chi connectivity index (χ0n) is 12.9. The summed E-state index contributed by atoms with van der Waals surface area (Å²) in [6.07, 6.45) is 0.687. The molecule has 0 unspecified atom stereocenters. The molecule has 0 saturated heterocycles. The van der Waals surface area contributed by atoms with Crippen molar-refractivity contribution in [2.75, 3.05) is 13.2 Å². The second-order valence-electron chi connectivity index (χ2n) is 5.14. The molecule has 3 N–H and O–H groups in total. The Hall–Kier alpha value is -2.33. The van der Waals surface area contributed by atoms with Gasteiger partial charge in [0.05, 0.1) is 5.56 Å². The number of rotatable bonds is 6. The Bertz CT molecular complexity index is 680. The molecule has 2 aromatic rings. The van der Waals surface area contributed by atoms with Gasteiger partial charge < -0.3 is 15.6 Å². The fraction of sp³-hybridized carbons (Fsp3) is 0.278. The molecule has 22 heavy (non-hydrogen) atoms. The Morgan fingerprint density at radius 1 is 1.23 bits per heavy atom. The lowest BCUT2D eigenvalue weighted by molar-refractivity contribution is 0.0696. The highest BCUT2D eigenvalue weighted by Gasteiger charge is 2.11. The first-order valence-electron chi connectivity index (χ1n) is 7.37. The van der Waals surface area contributed by atoms with Gasteiger partial charge in [0.2, 0.25) is 0 Å². The number of aromatic carboxylic acids is 1. The van der Waals surface area contributed by atoms with Crippen LogP contribution in [0.5, 0.6) is 5.75 Å². The molecule has 0 atom stereocenters. The number of benzene rings is 2. The molecule has 0 aliphatic carbocycles. The molecule has 2 rings (SSSR count). The number of carboxylic acids is 1. The number of carbonyl (C=O) groups is 1. The van der Waals surface area contributed by atoms with Gasteiger partial charge in [-0.3, -0.25) is 0 Å². The maximum Gasteiger partial charge on any atom is 0.335 e. The van der Waals surface area contributed by atoms with Gasteiger partial charge in [0.1, 0.15) is 12.4 Å². The molecular weight excluding hydrogens is 278 g/mol. The number of hydrogen-bond donors (Lipinski definition) is 2. The van der Waals surface area contributed by atoms with E-state index in [-0.39, 0.29) is 0 Å². The quantitative estimate of drug-likeness (QED) is 0.858. The van der Waals surface area contributed by atoms with Crippen LogP contribution in [0.15, 0.2) is 36.4 Å². The molecule has 0 heterocycles. The van der Waals surface area contributed by atoms with Crippen LogP contribution in [0.25, 0.3) is 11.1 Å². The molecule has 0 amide bonds. The molecule has 0 fully saturated rings. The SMILES string of the molecule is CCc1cc(-c2ccc(OCCN)cc2C)ccc1C(=O)O. The Balaban J connectivity index is 2.37. The van der Waals surface area contributed by atoms with Crippen LogP contribution in [0.2, 0.25) is 0 Å². The Morgan fingerprint density at radius 2 is 2.00 bits per heavy atom. The van der Waals surface area contributed by atoms with Gasteiger partial charge in [-0.15, -0.1) is 0 Å². The molecular formula is C18H21NO3. The summed E-state index contributed by atoms with van der Waals surface area (Å²) in [6, 6.07) is 11.4. The van der Waals surface area contributed by atoms with Crippen LogP contribution in [0, 0.1) is 6.92 Å². The van der Waals surface area contributed by atoms with Gasteiger partial charge in [-0.2, -0.15) is 0 Å². The molecule has 0 aliphatic heterocycles. The average Bonchev–Trinajstić information content (AvgIpc) is 2.52. The number of ether oxygens (including phenoxy) is 1. The highest BCUT2D eigenvalue weighted by atomic mass is 16.5. The van der Waals surface area contributed by atoms with Crippen molar-refractivity contribution < 1.29 is 14.6 Å². The van der Waals surface area contributed by atoms with Gasteiger partial charge in [0.25, 0.3) is 0 Å². The van der Waals surface area contributed by atoms with E-state index in [1.807, 2.05) is 44.2 Å². The molecule has 0 radical (unpaired) electrons. The predicted molar refractivity (Wildman–Crippen MR) is 87.5 cm³/mol. The number of hydrogen-bond acceptors (Lipinski definition) is 3. The fourth-order valence-electron chi connectivity index (χ4n) is 2.49. The van der Waals surface area contributed by atoms with Crippen molar-refractivity contribution in [3.8, 4) is 16.9 Å². The number of nitrogens with two attached hydrogens (primary N) is 1. The molecule has 0 aliphatic rings. The normalized spacial score (nSPS) is 10.5. The maximum atomic E-state index is 11.2. The van der Waals surface area contributed by atoms with Crippen molar-refractivity contribution in [2.45, 2.75) is 20.3 Å². The van der Waals surface area contributed by atoms with Crippen molar-refractivity contribution in [1.29, 1.82) is 0 Å². The van der Waals surface area contributed by atoms with E-state index < -0.39 is 5.97 Å². The molecule has 0 aromatic heterocycles. The summed E-state index contributed by atoms with van der Waals surface area (Å²) >= 11 is 0. The van der Waals surface area contributed by atoms with Crippen LogP contribution in [-0.2, 0) is 6.42 Å². The molecule has 0 bridgehead atoms. The van der Waals surface area contributed by atoms with E-state index >= 15 is 0 Å². The third kappa shape index (κ3) is 3.46. The van der Waals surface area contributed by atoms with E-state index in [1.165, 1.54) is 0 Å². The second kappa shape index (κ2) is 7.09. The molecule has 0 spiro atoms. The van der Waals surface area contributed by atoms with Crippen molar-refractivity contribution in [3.05, 3.63) is 53.1 Å². The second-order valence-corrected chi connectivity index (χ2v) is 5.14. The highest BCUT2D eigenvalue weighted by molar-refractivity contribution is 5.90. The van der Waals surface area contributed by atoms with Crippen LogP contribution in [0.3, 0.4) is 0 Å². The lowest BCUT2D eigenvalue weighted by atomic mass is 9.95. The van der Waals surface area contributed by atoms with Crippen LogP contribution in [-0.4, -0.2) is 24.2 Å². The van der Waals surface area contributed by atoms with Crippen molar-refractivity contribution >= 4 is 5.97 Å². The first kappa shape index (κ1) is 16.0. The summed E-state index contributed by atoms with van der Waals surface area (Å²) in [7, 11) is 0. The zero-order chi connectivity index (χ0) is 16.1. The molecule has 2 aromatic carbocycles. The highest BCUT2D eigenvalue weighted by Crippen LogP contribution is 2.28. The molecule has 0 saturated carbocycles. The Kier molecular flexibility index (Phi) is 5.17. The Morgan fingerprint density at radius 3 is 2.59 bits per heavy atom. The van der Waals surface area contributed by atoms with Crippen molar-refractivity contribution in [1.82, 2.24) is 0 Å². The van der Waals surface area contributed by atoms with E-state index in [1.54, 1.807) is 6.07 Å². The number of aryl methyl sites for hydroxylation is 2. The zero-order valence-corrected chi connectivity index (χ0v) is 12.9. The minimum Gasteiger partial charge on any atom is -0.492 e. The van der Waals surface area contributed by atoms with E-state index in [4.69, 9.17) is 10.5 Å². The van der Waals surface area contributed by atoms with Crippen LogP contribution >= 0.6 is 0 Å². The van der Waals surface area contributed by atoms with Crippen molar-refractivity contribution in [2.24, 2.45) is 5.73 Å². The lowest BCUT2D eigenvalue weighted by Gasteiger charge is -2.12. The van der Waals surface area contributed by atoms with E-state index in [0.717, 1.165) is 28.0 Å². The van der Waals surface area contributed by atoms with Crippen LogP contribution in [0.1, 0.15) is 28.4 Å². The van der Waals surface area contributed by atoms with Crippen molar-refractivity contribution in [3.63, 3.8) is 0 Å². The smallest absolute Gasteiger partial charge is 0.335 e. The predicted octanol–water partition coefficient (Wildman–Crippen LogP) is 3.26. The summed E-state index contributed by atoms with van der Waals surface area (Å²) in [5.74, 6) is -0.0878. The van der Waals surface area contributed by atoms with Gasteiger partial charge in [0, 0.05) is 6.54 Å². The molecule has 116 valence electrons. The average molecular weight is 299 g/mol. The summed E-state index contributed by atoms with van der Waals surface area (Å²) in [5, 5.41) is 9.20. The minimum absolute atomic E-state index is 0.367. The van der Waals surface area contributed by atoms with Gasteiger partial charge in [-0.25, -0.2) is 4.79 Å². The summed E-state index contributed by atoms with van der Waals surface area (Å²) < 4.78 is 5.52. The van der Waals surface area contributed by atoms with Gasteiger partial charge in [-0.05, 0) is 53.8 Å². The van der Waals surface area contributed by atoms with Crippen LogP contribution in [0.4, 0.5) is 0 Å². The molecule has 4 nitrogen and oxygen atoms in total.